The van der Waals surface area contributed by atoms with Crippen molar-refractivity contribution in [3.8, 4) is 11.3 Å². The molecular formula is C35H28ClFN2O5. The van der Waals surface area contributed by atoms with Crippen LogP contribution in [-0.4, -0.2) is 40.5 Å². The summed E-state index contributed by atoms with van der Waals surface area (Å²) in [4.78, 5) is 59.0. The number of Topliss-reactive ketones (excluding diaryl/α,β-unsaturated/α-hetero) is 1. The van der Waals surface area contributed by atoms with Gasteiger partial charge in [0.25, 0.3) is 0 Å². The number of esters is 1. The van der Waals surface area contributed by atoms with Crippen LogP contribution in [0.4, 0.5) is 10.1 Å². The maximum absolute atomic E-state index is 13.7. The van der Waals surface area contributed by atoms with Crippen molar-refractivity contribution in [2.24, 2.45) is 11.8 Å². The molecule has 1 aliphatic carbocycles. The number of amides is 2. The van der Waals surface area contributed by atoms with Crippen LogP contribution in [0, 0.1) is 24.6 Å². The number of aryl methyl sites for hydroxylation is 1. The minimum Gasteiger partial charge on any atom is -0.450 e. The molecule has 222 valence electrons. The number of allylic oxidation sites excluding steroid dienone is 2. The number of anilines is 1. The van der Waals surface area contributed by atoms with Gasteiger partial charge in [0.2, 0.25) is 17.6 Å². The third-order valence-electron chi connectivity index (χ3n) is 8.23. The van der Waals surface area contributed by atoms with Gasteiger partial charge in [-0.2, -0.15) is 0 Å². The molecule has 9 heteroatoms. The van der Waals surface area contributed by atoms with Crippen LogP contribution >= 0.6 is 11.6 Å². The molecule has 0 radical (unpaired) electrons. The van der Waals surface area contributed by atoms with Gasteiger partial charge in [0.05, 0.1) is 34.3 Å². The Labute approximate surface area is 258 Å². The number of alkyl halides is 1. The summed E-state index contributed by atoms with van der Waals surface area (Å²) in [6.07, 6.45) is 3.92. The second kappa shape index (κ2) is 12.1. The van der Waals surface area contributed by atoms with Crippen LogP contribution in [0.3, 0.4) is 0 Å². The van der Waals surface area contributed by atoms with Gasteiger partial charge in [-0.05, 0) is 67.8 Å². The number of aromatic nitrogens is 1. The van der Waals surface area contributed by atoms with Crippen molar-refractivity contribution in [1.82, 2.24) is 4.98 Å². The van der Waals surface area contributed by atoms with E-state index in [4.69, 9.17) is 21.3 Å². The molecule has 1 saturated heterocycles. The van der Waals surface area contributed by atoms with Gasteiger partial charge in [-0.1, -0.05) is 42.5 Å². The number of pyridine rings is 1. The number of para-hydroxylation sites is 1. The fourth-order valence-electron chi connectivity index (χ4n) is 5.88. The Kier molecular flexibility index (Phi) is 8.10. The first-order valence-corrected chi connectivity index (χ1v) is 14.9. The summed E-state index contributed by atoms with van der Waals surface area (Å²) >= 11 is 5.95. The van der Waals surface area contributed by atoms with E-state index in [0.717, 1.165) is 5.56 Å². The summed E-state index contributed by atoms with van der Waals surface area (Å²) in [7, 11) is 0. The summed E-state index contributed by atoms with van der Waals surface area (Å²) in [6.45, 7) is 1.88. The molecule has 0 saturated carbocycles. The van der Waals surface area contributed by atoms with E-state index in [-0.39, 0.29) is 47.1 Å². The monoisotopic (exact) mass is 610 g/mol. The Morgan fingerprint density at radius 3 is 2.27 bits per heavy atom. The maximum atomic E-state index is 13.7. The highest BCUT2D eigenvalue weighted by atomic mass is 35.5. The molecule has 3 aromatic carbocycles. The third kappa shape index (κ3) is 5.42. The van der Waals surface area contributed by atoms with E-state index in [1.807, 2.05) is 31.2 Å². The highest BCUT2D eigenvalue weighted by Gasteiger charge is 2.47. The Hall–Kier alpha value is -4.69. The Morgan fingerprint density at radius 1 is 0.977 bits per heavy atom. The maximum Gasteiger partial charge on any atom is 0.339 e. The Balaban J connectivity index is 1.32. The highest BCUT2D eigenvalue weighted by molar-refractivity contribution is 6.22. The summed E-state index contributed by atoms with van der Waals surface area (Å²) in [5.41, 5.74) is 3.45. The largest absolute Gasteiger partial charge is 0.450 e. The number of fused-ring (bicyclic) bond motifs is 2. The number of hydrogen-bond donors (Lipinski definition) is 0. The van der Waals surface area contributed by atoms with E-state index in [2.05, 4.69) is 0 Å². The summed E-state index contributed by atoms with van der Waals surface area (Å²) in [5.74, 6) is -2.67. The van der Waals surface area contributed by atoms with Crippen LogP contribution in [0.2, 0.25) is 0 Å². The number of ketones is 1. The molecule has 2 amide bonds. The van der Waals surface area contributed by atoms with E-state index in [1.54, 1.807) is 36.4 Å². The fraction of sp³-hybridized carbons (Fsp3) is 0.229. The zero-order chi connectivity index (χ0) is 31.0. The molecule has 3 atom stereocenters. The number of halogens is 2. The molecule has 0 spiro atoms. The second-order valence-corrected chi connectivity index (χ2v) is 11.4. The van der Waals surface area contributed by atoms with Crippen molar-refractivity contribution in [1.29, 1.82) is 0 Å². The standard InChI is InChI=1S/C35H28ClFN2O5/c1-20-5-4-8-25-28(35(43)44-30(17-18-36)32(40)22-9-13-23(37)14-10-22)19-29(38-31(20)25)21-11-15-24(16-12-21)39-33(41)26-6-2-3-7-27(26)34(39)42/h2-5,8-16,19,26-27,30H,6-7,17-18H2,1H3. The van der Waals surface area contributed by atoms with E-state index < -0.39 is 23.7 Å². The van der Waals surface area contributed by atoms with E-state index >= 15 is 0 Å². The molecule has 2 aliphatic rings. The second-order valence-electron chi connectivity index (χ2n) is 11.0. The molecule has 0 bridgehead atoms. The van der Waals surface area contributed by atoms with Crippen molar-refractivity contribution in [2.75, 3.05) is 10.8 Å². The number of imide groups is 1. The van der Waals surface area contributed by atoms with E-state index in [9.17, 15) is 23.6 Å². The SMILES string of the molecule is Cc1cccc2c(C(=O)OC(CCCl)C(=O)c3ccc(F)cc3)cc(-c3ccc(N4C(=O)C5CC=CCC5C4=O)cc3)nc12. The normalized spacial score (nSPS) is 18.4. The molecule has 0 N–H and O–H groups in total. The lowest BCUT2D eigenvalue weighted by Crippen LogP contribution is -2.30. The molecule has 2 heterocycles. The Morgan fingerprint density at radius 2 is 1.64 bits per heavy atom. The lowest BCUT2D eigenvalue weighted by Gasteiger charge is -2.18. The predicted molar refractivity (Wildman–Crippen MR) is 165 cm³/mol. The first-order valence-electron chi connectivity index (χ1n) is 14.4. The minimum atomic E-state index is -1.17. The molecule has 1 aliphatic heterocycles. The summed E-state index contributed by atoms with van der Waals surface area (Å²) in [5, 5.41) is 0.554. The van der Waals surface area contributed by atoms with Gasteiger partial charge in [-0.25, -0.2) is 14.2 Å². The lowest BCUT2D eigenvalue weighted by atomic mass is 9.85. The number of nitrogens with zero attached hydrogens (tertiary/aromatic N) is 2. The molecule has 7 nitrogen and oxygen atoms in total. The molecule has 3 unspecified atom stereocenters. The van der Waals surface area contributed by atoms with Gasteiger partial charge in [0.1, 0.15) is 5.82 Å². The molecule has 6 rings (SSSR count). The molecule has 44 heavy (non-hydrogen) atoms. The van der Waals surface area contributed by atoms with Crippen molar-refractivity contribution >= 4 is 51.8 Å². The average Bonchev–Trinajstić information content (AvgIpc) is 3.30. The van der Waals surface area contributed by atoms with Gasteiger partial charge < -0.3 is 4.74 Å². The van der Waals surface area contributed by atoms with Gasteiger partial charge in [0.15, 0.2) is 6.10 Å². The highest BCUT2D eigenvalue weighted by Crippen LogP contribution is 2.38. The summed E-state index contributed by atoms with van der Waals surface area (Å²) in [6, 6.07) is 19.0. The lowest BCUT2D eigenvalue weighted by molar-refractivity contribution is -0.122. The molecule has 1 aromatic heterocycles. The van der Waals surface area contributed by atoms with Crippen LogP contribution in [-0.2, 0) is 14.3 Å². The number of ether oxygens (including phenoxy) is 1. The topological polar surface area (TPSA) is 93.6 Å². The predicted octanol–water partition coefficient (Wildman–Crippen LogP) is 6.84. The number of carbonyl (C=O) groups excluding carboxylic acids is 4. The molecule has 1 fully saturated rings. The van der Waals surface area contributed by atoms with Gasteiger partial charge in [-0.15, -0.1) is 11.6 Å². The Bertz CT molecular complexity index is 1790. The van der Waals surface area contributed by atoms with Crippen molar-refractivity contribution in [2.45, 2.75) is 32.3 Å². The number of rotatable bonds is 8. The first kappa shape index (κ1) is 29.4. The van der Waals surface area contributed by atoms with Gasteiger partial charge >= 0.3 is 5.97 Å². The van der Waals surface area contributed by atoms with Crippen molar-refractivity contribution in [3.05, 3.63) is 107 Å². The van der Waals surface area contributed by atoms with E-state index in [0.29, 0.717) is 40.7 Å². The molecular weight excluding hydrogens is 583 g/mol. The van der Waals surface area contributed by atoms with Crippen LogP contribution < -0.4 is 4.90 Å². The zero-order valence-electron chi connectivity index (χ0n) is 23.8. The van der Waals surface area contributed by atoms with Crippen LogP contribution in [0.15, 0.2) is 84.9 Å². The minimum absolute atomic E-state index is 0.0682. The fourth-order valence-corrected chi connectivity index (χ4v) is 6.08. The van der Waals surface area contributed by atoms with Crippen LogP contribution in [0.25, 0.3) is 22.2 Å². The average molecular weight is 611 g/mol. The van der Waals surface area contributed by atoms with Crippen LogP contribution in [0.1, 0.15) is 45.5 Å². The zero-order valence-corrected chi connectivity index (χ0v) is 24.6. The molecule has 4 aromatic rings. The smallest absolute Gasteiger partial charge is 0.339 e. The summed E-state index contributed by atoms with van der Waals surface area (Å²) < 4.78 is 19.2. The number of carbonyl (C=O) groups is 4. The van der Waals surface area contributed by atoms with Crippen LogP contribution in [0.5, 0.6) is 0 Å². The first-order chi connectivity index (χ1) is 21.3. The van der Waals surface area contributed by atoms with Crippen molar-refractivity contribution in [3.63, 3.8) is 0 Å². The third-order valence-corrected chi connectivity index (χ3v) is 8.45. The number of hydrogen-bond acceptors (Lipinski definition) is 6. The number of benzene rings is 3. The van der Waals surface area contributed by atoms with Gasteiger partial charge in [-0.3, -0.25) is 19.3 Å². The van der Waals surface area contributed by atoms with Crippen molar-refractivity contribution < 1.29 is 28.3 Å². The quantitative estimate of drug-likeness (QED) is 0.0713. The van der Waals surface area contributed by atoms with E-state index in [1.165, 1.54) is 29.2 Å². The van der Waals surface area contributed by atoms with Gasteiger partial charge in [0, 0.05) is 28.8 Å².